The van der Waals surface area contributed by atoms with E-state index in [0.29, 0.717) is 0 Å². The molecule has 4 nitrogen and oxygen atoms in total. The summed E-state index contributed by atoms with van der Waals surface area (Å²) in [7, 11) is 1.67. The predicted molar refractivity (Wildman–Crippen MR) is 85.2 cm³/mol. The highest BCUT2D eigenvalue weighted by molar-refractivity contribution is 9.10. The first-order valence-electron chi connectivity index (χ1n) is 6.63. The van der Waals surface area contributed by atoms with E-state index in [1.807, 2.05) is 12.1 Å². The van der Waals surface area contributed by atoms with Gasteiger partial charge in [0.25, 0.3) is 0 Å². The molecule has 0 saturated carbocycles. The molecular formula is C14H17BrN2O2S. The van der Waals surface area contributed by atoms with Crippen molar-refractivity contribution in [3.63, 3.8) is 0 Å². The minimum Gasteiger partial charge on any atom is -0.497 e. The van der Waals surface area contributed by atoms with E-state index in [1.165, 1.54) is 0 Å². The van der Waals surface area contributed by atoms with Gasteiger partial charge in [0.1, 0.15) is 11.5 Å². The summed E-state index contributed by atoms with van der Waals surface area (Å²) >= 11 is 9.05. The Balaban J connectivity index is 2.11. The maximum Gasteiger partial charge on any atom is 0.184 e. The van der Waals surface area contributed by atoms with Crippen LogP contribution in [0.15, 0.2) is 16.6 Å². The van der Waals surface area contributed by atoms with Crippen molar-refractivity contribution in [2.45, 2.75) is 32.0 Å². The second-order valence-electron chi connectivity index (χ2n) is 5.26. The number of fused-ring (bicyclic) bond motifs is 4. The van der Waals surface area contributed by atoms with E-state index < -0.39 is 5.72 Å². The number of nitrogens with one attached hydrogen (secondary N) is 1. The molecule has 0 radical (unpaired) electrons. The Bertz CT molecular complexity index is 581. The molecule has 2 unspecified atom stereocenters. The van der Waals surface area contributed by atoms with Gasteiger partial charge in [-0.15, -0.1) is 0 Å². The van der Waals surface area contributed by atoms with E-state index in [2.05, 4.69) is 40.0 Å². The van der Waals surface area contributed by atoms with Crippen molar-refractivity contribution in [3.05, 3.63) is 22.2 Å². The summed E-state index contributed by atoms with van der Waals surface area (Å²) in [5.41, 5.74) is 0.693. The Kier molecular flexibility index (Phi) is 3.33. The lowest BCUT2D eigenvalue weighted by atomic mass is 9.90. The van der Waals surface area contributed by atoms with Crippen molar-refractivity contribution in [1.29, 1.82) is 0 Å². The smallest absolute Gasteiger partial charge is 0.184 e. The molecule has 2 heterocycles. The molecule has 2 atom stereocenters. The minimum absolute atomic E-state index is 0.158. The highest BCUT2D eigenvalue weighted by Gasteiger charge is 2.47. The molecule has 0 spiro atoms. The van der Waals surface area contributed by atoms with Gasteiger partial charge in [-0.25, -0.2) is 0 Å². The number of benzene rings is 1. The average Bonchev–Trinajstić information content (AvgIpc) is 2.39. The molecule has 2 aliphatic rings. The first kappa shape index (κ1) is 13.9. The van der Waals surface area contributed by atoms with Gasteiger partial charge in [0.15, 0.2) is 10.8 Å². The number of halogens is 1. The molecule has 0 amide bonds. The number of nitrogens with zero attached hydrogens (tertiary/aromatic N) is 1. The van der Waals surface area contributed by atoms with Crippen LogP contribution < -0.4 is 14.8 Å². The summed E-state index contributed by atoms with van der Waals surface area (Å²) in [5, 5.41) is 4.16. The van der Waals surface area contributed by atoms with Crippen LogP contribution in [0.2, 0.25) is 0 Å². The lowest BCUT2D eigenvalue weighted by Crippen LogP contribution is -2.64. The van der Waals surface area contributed by atoms with E-state index in [0.717, 1.165) is 39.6 Å². The highest BCUT2D eigenvalue weighted by atomic mass is 79.9. The number of hydrogen-bond donors (Lipinski definition) is 1. The quantitative estimate of drug-likeness (QED) is 0.822. The van der Waals surface area contributed by atoms with Gasteiger partial charge in [0.2, 0.25) is 0 Å². The van der Waals surface area contributed by atoms with E-state index in [9.17, 15) is 0 Å². The molecule has 1 aromatic carbocycles. The lowest BCUT2D eigenvalue weighted by molar-refractivity contribution is -0.0665. The van der Waals surface area contributed by atoms with Crippen LogP contribution in [0, 0.1) is 0 Å². The van der Waals surface area contributed by atoms with Gasteiger partial charge in [-0.1, -0.05) is 0 Å². The molecule has 0 aromatic heterocycles. The molecule has 2 bridgehead atoms. The normalized spacial score (nSPS) is 27.5. The Morgan fingerprint density at radius 1 is 1.60 bits per heavy atom. The predicted octanol–water partition coefficient (Wildman–Crippen LogP) is 3.21. The zero-order valence-corrected chi connectivity index (χ0v) is 14.1. The van der Waals surface area contributed by atoms with Crippen LogP contribution >= 0.6 is 28.1 Å². The number of hydrogen-bond acceptors (Lipinski definition) is 3. The molecule has 20 heavy (non-hydrogen) atoms. The monoisotopic (exact) mass is 356 g/mol. The van der Waals surface area contributed by atoms with Crippen LogP contribution in [0.4, 0.5) is 0 Å². The number of ether oxygens (including phenoxy) is 2. The molecule has 1 aromatic rings. The standard InChI is InChI=1S/C14H17BrN2O2S/c1-4-17-13(20)16-11-7-14(17,2)19-12-9(11)5-8(18-3)6-10(12)15/h5-6,11H,4,7H2,1-3H3,(H,16,20). The summed E-state index contributed by atoms with van der Waals surface area (Å²) in [5.74, 6) is 1.69. The Morgan fingerprint density at radius 2 is 2.35 bits per heavy atom. The number of rotatable bonds is 2. The van der Waals surface area contributed by atoms with Crippen molar-refractivity contribution in [1.82, 2.24) is 10.2 Å². The van der Waals surface area contributed by atoms with Crippen molar-refractivity contribution in [2.75, 3.05) is 13.7 Å². The first-order valence-corrected chi connectivity index (χ1v) is 7.83. The topological polar surface area (TPSA) is 33.7 Å². The van der Waals surface area contributed by atoms with Gasteiger partial charge in [0, 0.05) is 18.5 Å². The lowest BCUT2D eigenvalue weighted by Gasteiger charge is -2.52. The highest BCUT2D eigenvalue weighted by Crippen LogP contribution is 2.48. The summed E-state index contributed by atoms with van der Waals surface area (Å²) in [6.07, 6.45) is 0.855. The zero-order chi connectivity index (χ0) is 14.5. The third kappa shape index (κ3) is 1.97. The fraction of sp³-hybridized carbons (Fsp3) is 0.500. The molecule has 1 fully saturated rings. The van der Waals surface area contributed by atoms with Crippen LogP contribution in [0.3, 0.4) is 0 Å². The second kappa shape index (κ2) is 4.77. The van der Waals surface area contributed by atoms with Crippen molar-refractivity contribution >= 4 is 33.3 Å². The number of thiocarbonyl (C=S) groups is 1. The van der Waals surface area contributed by atoms with E-state index in [-0.39, 0.29) is 6.04 Å². The summed E-state index contributed by atoms with van der Waals surface area (Å²) in [6.45, 7) is 5.00. The average molecular weight is 357 g/mol. The molecule has 1 N–H and O–H groups in total. The summed E-state index contributed by atoms with van der Waals surface area (Å²) < 4.78 is 12.5. The van der Waals surface area contributed by atoms with Gasteiger partial charge < -0.3 is 19.7 Å². The third-order valence-electron chi connectivity index (χ3n) is 3.99. The van der Waals surface area contributed by atoms with E-state index in [4.69, 9.17) is 21.7 Å². The molecule has 1 saturated heterocycles. The number of methoxy groups -OCH3 is 1. The molecular weight excluding hydrogens is 340 g/mol. The Labute approximate surface area is 132 Å². The third-order valence-corrected chi connectivity index (χ3v) is 4.92. The second-order valence-corrected chi connectivity index (χ2v) is 6.50. The maximum absolute atomic E-state index is 6.29. The fourth-order valence-electron chi connectivity index (χ4n) is 3.04. The van der Waals surface area contributed by atoms with Crippen LogP contribution in [-0.4, -0.2) is 29.4 Å². The van der Waals surface area contributed by atoms with Crippen molar-refractivity contribution in [3.8, 4) is 11.5 Å². The van der Waals surface area contributed by atoms with Crippen molar-refractivity contribution < 1.29 is 9.47 Å². The fourth-order valence-corrected chi connectivity index (χ4v) is 4.04. The molecule has 108 valence electrons. The van der Waals surface area contributed by atoms with Gasteiger partial charge in [-0.3, -0.25) is 0 Å². The molecule has 2 aliphatic heterocycles. The minimum atomic E-state index is -0.397. The van der Waals surface area contributed by atoms with Crippen LogP contribution in [0.1, 0.15) is 31.9 Å². The summed E-state index contributed by atoms with van der Waals surface area (Å²) in [4.78, 5) is 2.10. The largest absolute Gasteiger partial charge is 0.497 e. The van der Waals surface area contributed by atoms with Gasteiger partial charge >= 0.3 is 0 Å². The maximum atomic E-state index is 6.29. The van der Waals surface area contributed by atoms with Crippen LogP contribution in [0.5, 0.6) is 11.5 Å². The molecule has 6 heteroatoms. The molecule has 0 aliphatic carbocycles. The van der Waals surface area contributed by atoms with Gasteiger partial charge in [-0.05, 0) is 54.1 Å². The Hall–Kier alpha value is -1.01. The Morgan fingerprint density at radius 3 is 3.00 bits per heavy atom. The van der Waals surface area contributed by atoms with E-state index >= 15 is 0 Å². The van der Waals surface area contributed by atoms with Crippen molar-refractivity contribution in [2.24, 2.45) is 0 Å². The summed E-state index contributed by atoms with van der Waals surface area (Å²) in [6, 6.07) is 4.10. The van der Waals surface area contributed by atoms with Crippen LogP contribution in [0.25, 0.3) is 0 Å². The van der Waals surface area contributed by atoms with E-state index in [1.54, 1.807) is 7.11 Å². The first-order chi connectivity index (χ1) is 9.48. The molecule has 3 rings (SSSR count). The van der Waals surface area contributed by atoms with Gasteiger partial charge in [0.05, 0.1) is 17.6 Å². The van der Waals surface area contributed by atoms with Gasteiger partial charge in [-0.2, -0.15) is 0 Å². The van der Waals surface area contributed by atoms with Crippen LogP contribution in [-0.2, 0) is 0 Å². The SMILES string of the molecule is CCN1C(=S)NC2CC1(C)Oc1c(Br)cc(OC)cc12. The zero-order valence-electron chi connectivity index (χ0n) is 11.7.